The molecule has 5 heteroatoms. The fourth-order valence-electron chi connectivity index (χ4n) is 1.72. The zero-order chi connectivity index (χ0) is 11.7. The number of carbonyl (C=O) groups excluding carboxylic acids is 1. The van der Waals surface area contributed by atoms with Gasteiger partial charge in [0.1, 0.15) is 0 Å². The van der Waals surface area contributed by atoms with Gasteiger partial charge in [0.15, 0.2) is 0 Å². The first-order valence-corrected chi connectivity index (χ1v) is 6.25. The SMILES string of the molecule is NC1CC(NC(=O)c2ccc(Cl)cc2Br)C1. The Morgan fingerprint density at radius 1 is 1.50 bits per heavy atom. The van der Waals surface area contributed by atoms with E-state index in [1.54, 1.807) is 18.2 Å². The van der Waals surface area contributed by atoms with Crippen molar-refractivity contribution in [2.45, 2.75) is 24.9 Å². The molecule has 3 nitrogen and oxygen atoms in total. The van der Waals surface area contributed by atoms with Crippen molar-refractivity contribution in [1.82, 2.24) is 5.32 Å². The van der Waals surface area contributed by atoms with Crippen molar-refractivity contribution in [2.24, 2.45) is 5.73 Å². The van der Waals surface area contributed by atoms with E-state index < -0.39 is 0 Å². The molecule has 1 amide bonds. The number of benzene rings is 1. The van der Waals surface area contributed by atoms with Gasteiger partial charge in [-0.25, -0.2) is 0 Å². The van der Waals surface area contributed by atoms with E-state index in [1.165, 1.54) is 0 Å². The lowest BCUT2D eigenvalue weighted by molar-refractivity contribution is 0.0909. The zero-order valence-corrected chi connectivity index (χ0v) is 10.9. The molecule has 1 aliphatic carbocycles. The Morgan fingerprint density at radius 3 is 2.75 bits per heavy atom. The van der Waals surface area contributed by atoms with Gasteiger partial charge in [0.25, 0.3) is 5.91 Å². The van der Waals surface area contributed by atoms with E-state index in [1.807, 2.05) is 0 Å². The molecule has 0 aromatic heterocycles. The molecule has 16 heavy (non-hydrogen) atoms. The third kappa shape index (κ3) is 2.56. The summed E-state index contributed by atoms with van der Waals surface area (Å²) in [5.41, 5.74) is 6.26. The van der Waals surface area contributed by atoms with Crippen LogP contribution in [0.1, 0.15) is 23.2 Å². The molecular formula is C11H12BrClN2O. The van der Waals surface area contributed by atoms with Gasteiger partial charge in [-0.05, 0) is 47.0 Å². The highest BCUT2D eigenvalue weighted by Gasteiger charge is 2.27. The molecule has 1 fully saturated rings. The summed E-state index contributed by atoms with van der Waals surface area (Å²) in [6.45, 7) is 0. The van der Waals surface area contributed by atoms with Crippen molar-refractivity contribution in [3.63, 3.8) is 0 Å². The summed E-state index contributed by atoms with van der Waals surface area (Å²) in [5.74, 6) is -0.0829. The molecule has 0 unspecified atom stereocenters. The number of carbonyl (C=O) groups is 1. The van der Waals surface area contributed by atoms with Gasteiger partial charge in [-0.15, -0.1) is 0 Å². The van der Waals surface area contributed by atoms with Crippen LogP contribution in [-0.4, -0.2) is 18.0 Å². The number of hydrogen-bond donors (Lipinski definition) is 2. The number of nitrogens with one attached hydrogen (secondary N) is 1. The third-order valence-corrected chi connectivity index (χ3v) is 3.58. The minimum absolute atomic E-state index is 0.0829. The topological polar surface area (TPSA) is 55.1 Å². The maximum Gasteiger partial charge on any atom is 0.252 e. The Balaban J connectivity index is 2.03. The van der Waals surface area contributed by atoms with E-state index in [2.05, 4.69) is 21.2 Å². The van der Waals surface area contributed by atoms with Crippen molar-refractivity contribution in [3.05, 3.63) is 33.3 Å². The predicted octanol–water partition coefficient (Wildman–Crippen LogP) is 2.32. The van der Waals surface area contributed by atoms with E-state index in [9.17, 15) is 4.79 Å². The lowest BCUT2D eigenvalue weighted by atomic mass is 9.87. The van der Waals surface area contributed by atoms with Gasteiger partial charge in [-0.2, -0.15) is 0 Å². The van der Waals surface area contributed by atoms with E-state index in [0.29, 0.717) is 15.1 Å². The van der Waals surface area contributed by atoms with E-state index >= 15 is 0 Å². The Morgan fingerprint density at radius 2 is 2.19 bits per heavy atom. The van der Waals surface area contributed by atoms with Gasteiger partial charge in [0.2, 0.25) is 0 Å². The van der Waals surface area contributed by atoms with Crippen LogP contribution >= 0.6 is 27.5 Å². The zero-order valence-electron chi connectivity index (χ0n) is 8.54. The number of rotatable bonds is 2. The highest BCUT2D eigenvalue weighted by atomic mass is 79.9. The van der Waals surface area contributed by atoms with Crippen LogP contribution in [0.2, 0.25) is 5.02 Å². The normalized spacial score (nSPS) is 23.7. The van der Waals surface area contributed by atoms with E-state index in [0.717, 1.165) is 12.8 Å². The molecule has 86 valence electrons. The van der Waals surface area contributed by atoms with Crippen molar-refractivity contribution >= 4 is 33.4 Å². The van der Waals surface area contributed by atoms with Gasteiger partial charge < -0.3 is 11.1 Å². The Bertz CT molecular complexity index is 418. The smallest absolute Gasteiger partial charge is 0.252 e. The van der Waals surface area contributed by atoms with Crippen LogP contribution in [0.4, 0.5) is 0 Å². The Labute approximate surface area is 107 Å². The molecule has 0 aliphatic heterocycles. The molecule has 0 bridgehead atoms. The lowest BCUT2D eigenvalue weighted by Crippen LogP contribution is -2.50. The summed E-state index contributed by atoms with van der Waals surface area (Å²) < 4.78 is 0.709. The first kappa shape index (κ1) is 11.9. The summed E-state index contributed by atoms with van der Waals surface area (Å²) in [5, 5.41) is 3.54. The van der Waals surface area contributed by atoms with Crippen LogP contribution in [0.15, 0.2) is 22.7 Å². The summed E-state index contributed by atoms with van der Waals surface area (Å²) >= 11 is 9.13. The Hall–Kier alpha value is -0.580. The second-order valence-electron chi connectivity index (χ2n) is 4.03. The molecule has 1 aromatic carbocycles. The number of hydrogen-bond acceptors (Lipinski definition) is 2. The maximum atomic E-state index is 11.9. The molecule has 2 rings (SSSR count). The van der Waals surface area contributed by atoms with Crippen LogP contribution in [0.3, 0.4) is 0 Å². The minimum atomic E-state index is -0.0829. The molecule has 1 aliphatic rings. The minimum Gasteiger partial charge on any atom is -0.349 e. The summed E-state index contributed by atoms with van der Waals surface area (Å²) in [4.78, 5) is 11.9. The van der Waals surface area contributed by atoms with Gasteiger partial charge in [-0.3, -0.25) is 4.79 Å². The van der Waals surface area contributed by atoms with Crippen molar-refractivity contribution in [3.8, 4) is 0 Å². The van der Waals surface area contributed by atoms with Gasteiger partial charge in [0.05, 0.1) is 5.56 Å². The number of halogens is 2. The monoisotopic (exact) mass is 302 g/mol. The molecule has 0 radical (unpaired) electrons. The molecule has 0 spiro atoms. The van der Waals surface area contributed by atoms with Crippen LogP contribution in [0.5, 0.6) is 0 Å². The maximum absolute atomic E-state index is 11.9. The quantitative estimate of drug-likeness (QED) is 0.881. The fraction of sp³-hybridized carbons (Fsp3) is 0.364. The largest absolute Gasteiger partial charge is 0.349 e. The van der Waals surface area contributed by atoms with Gasteiger partial charge in [0, 0.05) is 21.6 Å². The summed E-state index contributed by atoms with van der Waals surface area (Å²) in [6, 6.07) is 5.57. The van der Waals surface area contributed by atoms with Crippen LogP contribution in [0.25, 0.3) is 0 Å². The van der Waals surface area contributed by atoms with Gasteiger partial charge >= 0.3 is 0 Å². The average Bonchev–Trinajstić information content (AvgIpc) is 2.15. The Kier molecular flexibility index (Phi) is 3.52. The van der Waals surface area contributed by atoms with Gasteiger partial charge in [-0.1, -0.05) is 11.6 Å². The molecular weight excluding hydrogens is 291 g/mol. The molecule has 0 saturated heterocycles. The third-order valence-electron chi connectivity index (χ3n) is 2.69. The molecule has 1 aromatic rings. The van der Waals surface area contributed by atoms with E-state index in [-0.39, 0.29) is 18.0 Å². The predicted molar refractivity (Wildman–Crippen MR) is 67.6 cm³/mol. The van der Waals surface area contributed by atoms with Crippen LogP contribution < -0.4 is 11.1 Å². The van der Waals surface area contributed by atoms with Crippen molar-refractivity contribution in [2.75, 3.05) is 0 Å². The first-order valence-electron chi connectivity index (χ1n) is 5.08. The highest BCUT2D eigenvalue weighted by molar-refractivity contribution is 9.10. The molecule has 3 N–H and O–H groups in total. The number of amides is 1. The second kappa shape index (κ2) is 4.73. The molecule has 0 heterocycles. The summed E-state index contributed by atoms with van der Waals surface area (Å²) in [6.07, 6.45) is 1.72. The second-order valence-corrected chi connectivity index (χ2v) is 5.32. The number of nitrogens with two attached hydrogens (primary N) is 1. The highest BCUT2D eigenvalue weighted by Crippen LogP contribution is 2.23. The van der Waals surface area contributed by atoms with Crippen LogP contribution in [-0.2, 0) is 0 Å². The van der Waals surface area contributed by atoms with E-state index in [4.69, 9.17) is 17.3 Å². The first-order chi connectivity index (χ1) is 7.56. The lowest BCUT2D eigenvalue weighted by Gasteiger charge is -2.33. The fourth-order valence-corrected chi connectivity index (χ4v) is 2.58. The molecule has 1 saturated carbocycles. The van der Waals surface area contributed by atoms with Crippen molar-refractivity contribution < 1.29 is 4.79 Å². The van der Waals surface area contributed by atoms with Crippen molar-refractivity contribution in [1.29, 1.82) is 0 Å². The average molecular weight is 304 g/mol. The summed E-state index contributed by atoms with van der Waals surface area (Å²) in [7, 11) is 0. The standard InChI is InChI=1S/C11H12BrClN2O/c12-10-3-6(13)1-2-9(10)11(16)15-8-4-7(14)5-8/h1-3,7-8H,4-5,14H2,(H,15,16). The molecule has 0 atom stereocenters. The van der Waals surface area contributed by atoms with Crippen LogP contribution in [0, 0.1) is 0 Å².